The van der Waals surface area contributed by atoms with E-state index in [0.717, 1.165) is 23.3 Å². The summed E-state index contributed by atoms with van der Waals surface area (Å²) in [5.74, 6) is 0.0519. The van der Waals surface area contributed by atoms with E-state index in [1.807, 2.05) is 23.7 Å². The fraction of sp³-hybridized carbons (Fsp3) is 0.385. The quantitative estimate of drug-likeness (QED) is 0.878. The molecule has 2 aromatic rings. The van der Waals surface area contributed by atoms with Crippen LogP contribution in [0.1, 0.15) is 24.7 Å². The van der Waals surface area contributed by atoms with Crippen molar-refractivity contribution >= 4 is 17.0 Å². The lowest BCUT2D eigenvalue weighted by Gasteiger charge is -2.04. The molecule has 90 valence electrons. The molecule has 0 fully saturated rings. The molecular weight excluding hydrogens is 216 g/mol. The van der Waals surface area contributed by atoms with Crippen LogP contribution in [0, 0.1) is 0 Å². The summed E-state index contributed by atoms with van der Waals surface area (Å²) in [6, 6.07) is 6.05. The van der Waals surface area contributed by atoms with Gasteiger partial charge in [-0.1, -0.05) is 19.1 Å². The van der Waals surface area contributed by atoms with Crippen LogP contribution in [0.4, 0.5) is 0 Å². The van der Waals surface area contributed by atoms with Crippen molar-refractivity contribution in [3.05, 3.63) is 29.6 Å². The standard InChI is InChI=1S/C13H16N2O2/c1-3-9-5-4-6-10-13(9)15(2)11(14-10)7-8-12(16)17/h4-6H,3,7-8H2,1-2H3,(H,16,17). The number of aromatic nitrogens is 2. The maximum atomic E-state index is 10.6. The van der Waals surface area contributed by atoms with Crippen LogP contribution < -0.4 is 0 Å². The Kier molecular flexibility index (Phi) is 3.13. The first-order valence-electron chi connectivity index (χ1n) is 5.78. The summed E-state index contributed by atoms with van der Waals surface area (Å²) in [6.45, 7) is 2.11. The number of imidazole rings is 1. The molecule has 0 bridgehead atoms. The molecule has 1 N–H and O–H groups in total. The number of hydrogen-bond acceptors (Lipinski definition) is 2. The summed E-state index contributed by atoms with van der Waals surface area (Å²) in [5, 5.41) is 8.70. The van der Waals surface area contributed by atoms with Crippen LogP contribution in [-0.2, 0) is 24.7 Å². The minimum absolute atomic E-state index is 0.124. The van der Waals surface area contributed by atoms with Gasteiger partial charge in [0, 0.05) is 13.5 Å². The van der Waals surface area contributed by atoms with Crippen molar-refractivity contribution in [2.45, 2.75) is 26.2 Å². The zero-order valence-corrected chi connectivity index (χ0v) is 10.1. The molecule has 0 aliphatic heterocycles. The van der Waals surface area contributed by atoms with E-state index in [9.17, 15) is 4.79 Å². The molecule has 0 aliphatic rings. The third-order valence-electron chi connectivity index (χ3n) is 3.01. The van der Waals surface area contributed by atoms with Gasteiger partial charge in [0.1, 0.15) is 5.82 Å². The Hall–Kier alpha value is -1.84. The first-order valence-corrected chi connectivity index (χ1v) is 5.78. The second-order valence-electron chi connectivity index (χ2n) is 4.12. The number of carboxylic acids is 1. The Morgan fingerprint density at radius 1 is 1.47 bits per heavy atom. The largest absolute Gasteiger partial charge is 0.481 e. The normalized spacial score (nSPS) is 10.9. The number of fused-ring (bicyclic) bond motifs is 1. The molecule has 0 aliphatic carbocycles. The van der Waals surface area contributed by atoms with Gasteiger partial charge in [0.15, 0.2) is 0 Å². The van der Waals surface area contributed by atoms with Gasteiger partial charge in [-0.3, -0.25) is 4.79 Å². The first-order chi connectivity index (χ1) is 8.13. The number of para-hydroxylation sites is 1. The average Bonchev–Trinajstić information content (AvgIpc) is 2.64. The SMILES string of the molecule is CCc1cccc2nc(CCC(=O)O)n(C)c12. The van der Waals surface area contributed by atoms with Crippen molar-refractivity contribution < 1.29 is 9.90 Å². The van der Waals surface area contributed by atoms with Gasteiger partial charge in [-0.15, -0.1) is 0 Å². The van der Waals surface area contributed by atoms with Crippen LogP contribution in [-0.4, -0.2) is 20.6 Å². The maximum absolute atomic E-state index is 10.6. The summed E-state index contributed by atoms with van der Waals surface area (Å²) in [6.07, 6.45) is 1.55. The number of rotatable bonds is 4. The van der Waals surface area contributed by atoms with E-state index < -0.39 is 5.97 Å². The number of nitrogens with zero attached hydrogens (tertiary/aromatic N) is 2. The Balaban J connectivity index is 2.45. The Morgan fingerprint density at radius 2 is 2.24 bits per heavy atom. The van der Waals surface area contributed by atoms with Crippen molar-refractivity contribution in [1.82, 2.24) is 9.55 Å². The predicted molar refractivity (Wildman–Crippen MR) is 66.0 cm³/mol. The third-order valence-corrected chi connectivity index (χ3v) is 3.01. The summed E-state index contributed by atoms with van der Waals surface area (Å²) in [5.41, 5.74) is 3.32. The number of carbonyl (C=O) groups is 1. The highest BCUT2D eigenvalue weighted by molar-refractivity contribution is 5.80. The van der Waals surface area contributed by atoms with E-state index in [1.165, 1.54) is 5.56 Å². The molecule has 0 unspecified atom stereocenters. The fourth-order valence-electron chi connectivity index (χ4n) is 2.13. The Morgan fingerprint density at radius 3 is 2.88 bits per heavy atom. The minimum Gasteiger partial charge on any atom is -0.481 e. The highest BCUT2D eigenvalue weighted by Crippen LogP contribution is 2.20. The van der Waals surface area contributed by atoms with Crippen molar-refractivity contribution in [3.8, 4) is 0 Å². The molecule has 0 atom stereocenters. The van der Waals surface area contributed by atoms with E-state index in [1.54, 1.807) is 0 Å². The Labute approximate surface area is 99.9 Å². The summed E-state index contributed by atoms with van der Waals surface area (Å²) >= 11 is 0. The lowest BCUT2D eigenvalue weighted by atomic mass is 10.1. The van der Waals surface area contributed by atoms with E-state index in [0.29, 0.717) is 6.42 Å². The summed E-state index contributed by atoms with van der Waals surface area (Å²) in [4.78, 5) is 15.1. The average molecular weight is 232 g/mol. The third kappa shape index (κ3) is 2.16. The number of benzene rings is 1. The van der Waals surface area contributed by atoms with E-state index in [-0.39, 0.29) is 6.42 Å². The molecule has 0 radical (unpaired) electrons. The van der Waals surface area contributed by atoms with Crippen LogP contribution in [0.5, 0.6) is 0 Å². The summed E-state index contributed by atoms with van der Waals surface area (Å²) < 4.78 is 2.01. The molecule has 1 aromatic heterocycles. The van der Waals surface area contributed by atoms with Crippen LogP contribution in [0.15, 0.2) is 18.2 Å². The van der Waals surface area contributed by atoms with E-state index >= 15 is 0 Å². The minimum atomic E-state index is -0.784. The van der Waals surface area contributed by atoms with Gasteiger partial charge in [0.2, 0.25) is 0 Å². The van der Waals surface area contributed by atoms with Gasteiger partial charge in [-0.05, 0) is 18.1 Å². The fourth-order valence-corrected chi connectivity index (χ4v) is 2.13. The van der Waals surface area contributed by atoms with Gasteiger partial charge in [0.05, 0.1) is 17.5 Å². The molecule has 0 saturated carbocycles. The zero-order chi connectivity index (χ0) is 12.4. The van der Waals surface area contributed by atoms with Gasteiger partial charge < -0.3 is 9.67 Å². The lowest BCUT2D eigenvalue weighted by Crippen LogP contribution is -2.03. The van der Waals surface area contributed by atoms with Crippen LogP contribution >= 0.6 is 0 Å². The molecule has 1 heterocycles. The van der Waals surface area contributed by atoms with Gasteiger partial charge in [0.25, 0.3) is 0 Å². The summed E-state index contributed by atoms with van der Waals surface area (Å²) in [7, 11) is 1.95. The van der Waals surface area contributed by atoms with Crippen molar-refractivity contribution in [2.75, 3.05) is 0 Å². The van der Waals surface area contributed by atoms with Gasteiger partial charge in [-0.25, -0.2) is 4.98 Å². The monoisotopic (exact) mass is 232 g/mol. The molecule has 0 saturated heterocycles. The number of hydrogen-bond donors (Lipinski definition) is 1. The second kappa shape index (κ2) is 4.57. The zero-order valence-electron chi connectivity index (χ0n) is 10.1. The smallest absolute Gasteiger partial charge is 0.303 e. The van der Waals surface area contributed by atoms with Crippen molar-refractivity contribution in [1.29, 1.82) is 0 Å². The topological polar surface area (TPSA) is 55.1 Å². The molecule has 2 rings (SSSR count). The Bertz CT molecular complexity index is 558. The van der Waals surface area contributed by atoms with Crippen LogP contribution in [0.2, 0.25) is 0 Å². The molecule has 4 nitrogen and oxygen atoms in total. The maximum Gasteiger partial charge on any atom is 0.303 e. The lowest BCUT2D eigenvalue weighted by molar-refractivity contribution is -0.137. The molecule has 0 spiro atoms. The molecule has 17 heavy (non-hydrogen) atoms. The van der Waals surface area contributed by atoms with Gasteiger partial charge in [-0.2, -0.15) is 0 Å². The van der Waals surface area contributed by atoms with Crippen LogP contribution in [0.3, 0.4) is 0 Å². The highest BCUT2D eigenvalue weighted by atomic mass is 16.4. The molecule has 4 heteroatoms. The van der Waals surface area contributed by atoms with Gasteiger partial charge >= 0.3 is 5.97 Å². The van der Waals surface area contributed by atoms with Crippen molar-refractivity contribution in [2.24, 2.45) is 7.05 Å². The molecule has 1 aromatic carbocycles. The van der Waals surface area contributed by atoms with E-state index in [2.05, 4.69) is 18.0 Å². The number of carboxylic acid groups (broad SMARTS) is 1. The number of aliphatic carboxylic acids is 1. The second-order valence-corrected chi connectivity index (χ2v) is 4.12. The molecular formula is C13H16N2O2. The highest BCUT2D eigenvalue weighted by Gasteiger charge is 2.11. The van der Waals surface area contributed by atoms with Crippen LogP contribution in [0.25, 0.3) is 11.0 Å². The molecule has 0 amide bonds. The van der Waals surface area contributed by atoms with E-state index in [4.69, 9.17) is 5.11 Å². The first kappa shape index (κ1) is 11.6. The number of aryl methyl sites for hydroxylation is 3. The predicted octanol–water partition coefficient (Wildman–Crippen LogP) is 2.15. The van der Waals surface area contributed by atoms with Crippen molar-refractivity contribution in [3.63, 3.8) is 0 Å².